The normalized spacial score (nSPS) is 13.8. The van der Waals surface area contributed by atoms with Crippen molar-refractivity contribution in [3.63, 3.8) is 0 Å². The largest absolute Gasteiger partial charge is 0.307 e. The fourth-order valence-electron chi connectivity index (χ4n) is 1.43. The van der Waals surface area contributed by atoms with Crippen molar-refractivity contribution in [3.05, 3.63) is 0 Å². The average Bonchev–Trinajstić information content (AvgIpc) is 2.02. The molecule has 0 bridgehead atoms. The van der Waals surface area contributed by atoms with Crippen LogP contribution in [0, 0.1) is 5.92 Å². The van der Waals surface area contributed by atoms with E-state index in [0.717, 1.165) is 12.6 Å². The molecule has 0 rings (SSSR count). The Labute approximate surface area is 77.3 Å². The fourth-order valence-corrected chi connectivity index (χ4v) is 1.43. The highest BCUT2D eigenvalue weighted by Crippen LogP contribution is 2.09. The summed E-state index contributed by atoms with van der Waals surface area (Å²) < 4.78 is 0. The summed E-state index contributed by atoms with van der Waals surface area (Å²) in [5.41, 5.74) is 0. The first-order valence-corrected chi connectivity index (χ1v) is 5.03. The molecule has 2 heteroatoms. The van der Waals surface area contributed by atoms with Gasteiger partial charge >= 0.3 is 0 Å². The Bertz CT molecular complexity index is 81.8. The monoisotopic (exact) mass is 172 g/mol. The summed E-state index contributed by atoms with van der Waals surface area (Å²) in [6, 6.07) is 0. The first-order valence-electron chi connectivity index (χ1n) is 5.03. The molecule has 0 amide bonds. The van der Waals surface area contributed by atoms with Gasteiger partial charge in [-0.3, -0.25) is 4.90 Å². The summed E-state index contributed by atoms with van der Waals surface area (Å²) in [7, 11) is 4.15. The Morgan fingerprint density at radius 1 is 1.33 bits per heavy atom. The smallest absolute Gasteiger partial charge is 0.0475 e. The SMILES string of the molecule is CCCC(C)CCN(C)CNC. The van der Waals surface area contributed by atoms with E-state index in [0.29, 0.717) is 0 Å². The van der Waals surface area contributed by atoms with Crippen molar-refractivity contribution >= 4 is 0 Å². The maximum Gasteiger partial charge on any atom is 0.0475 e. The van der Waals surface area contributed by atoms with Gasteiger partial charge in [-0.15, -0.1) is 0 Å². The molecule has 0 saturated heterocycles. The summed E-state index contributed by atoms with van der Waals surface area (Å²) in [6.45, 7) is 6.81. The van der Waals surface area contributed by atoms with Crippen molar-refractivity contribution in [1.29, 1.82) is 0 Å². The molecule has 0 aromatic heterocycles. The zero-order valence-corrected chi connectivity index (χ0v) is 9.06. The average molecular weight is 172 g/mol. The lowest BCUT2D eigenvalue weighted by atomic mass is 10.0. The lowest BCUT2D eigenvalue weighted by molar-refractivity contribution is 0.287. The van der Waals surface area contributed by atoms with E-state index < -0.39 is 0 Å². The van der Waals surface area contributed by atoms with Gasteiger partial charge in [0, 0.05) is 6.67 Å². The lowest BCUT2D eigenvalue weighted by Gasteiger charge is -2.18. The number of hydrogen-bond acceptors (Lipinski definition) is 2. The van der Waals surface area contributed by atoms with Gasteiger partial charge in [-0.1, -0.05) is 26.7 Å². The van der Waals surface area contributed by atoms with Crippen LogP contribution in [0.4, 0.5) is 0 Å². The molecule has 0 aliphatic heterocycles. The second-order valence-electron chi connectivity index (χ2n) is 3.77. The molecular formula is C10H24N2. The molecule has 0 saturated carbocycles. The predicted octanol–water partition coefficient (Wildman–Crippen LogP) is 1.92. The summed E-state index contributed by atoms with van der Waals surface area (Å²) in [5, 5.41) is 3.15. The molecule has 1 atom stereocenters. The minimum atomic E-state index is 0.884. The Morgan fingerprint density at radius 3 is 2.50 bits per heavy atom. The van der Waals surface area contributed by atoms with Gasteiger partial charge in [0.15, 0.2) is 0 Å². The molecule has 1 N–H and O–H groups in total. The molecule has 12 heavy (non-hydrogen) atoms. The van der Waals surface area contributed by atoms with E-state index in [4.69, 9.17) is 0 Å². The van der Waals surface area contributed by atoms with E-state index in [1.165, 1.54) is 25.8 Å². The first kappa shape index (κ1) is 11.9. The van der Waals surface area contributed by atoms with Crippen LogP contribution in [0.15, 0.2) is 0 Å². The van der Waals surface area contributed by atoms with Crippen molar-refractivity contribution in [3.8, 4) is 0 Å². The molecule has 0 aliphatic rings. The minimum Gasteiger partial charge on any atom is -0.307 e. The lowest BCUT2D eigenvalue weighted by Crippen LogP contribution is -2.30. The number of nitrogens with one attached hydrogen (secondary N) is 1. The van der Waals surface area contributed by atoms with E-state index in [2.05, 4.69) is 31.1 Å². The topological polar surface area (TPSA) is 15.3 Å². The van der Waals surface area contributed by atoms with Crippen LogP contribution < -0.4 is 5.32 Å². The zero-order chi connectivity index (χ0) is 9.40. The minimum absolute atomic E-state index is 0.884. The molecule has 2 nitrogen and oxygen atoms in total. The quantitative estimate of drug-likeness (QED) is 0.590. The first-order chi connectivity index (χ1) is 5.70. The molecule has 0 fully saturated rings. The van der Waals surface area contributed by atoms with E-state index >= 15 is 0 Å². The number of rotatable bonds is 7. The van der Waals surface area contributed by atoms with Crippen molar-refractivity contribution in [2.24, 2.45) is 5.92 Å². The van der Waals surface area contributed by atoms with Gasteiger partial charge in [0.25, 0.3) is 0 Å². The van der Waals surface area contributed by atoms with Gasteiger partial charge < -0.3 is 5.32 Å². The van der Waals surface area contributed by atoms with Crippen molar-refractivity contribution in [2.45, 2.75) is 33.1 Å². The predicted molar refractivity (Wildman–Crippen MR) is 55.2 cm³/mol. The second-order valence-corrected chi connectivity index (χ2v) is 3.77. The van der Waals surface area contributed by atoms with Crippen molar-refractivity contribution < 1.29 is 0 Å². The van der Waals surface area contributed by atoms with E-state index in [9.17, 15) is 0 Å². The van der Waals surface area contributed by atoms with Gasteiger partial charge in [-0.2, -0.15) is 0 Å². The maximum atomic E-state index is 3.15. The van der Waals surface area contributed by atoms with Crippen LogP contribution in [0.1, 0.15) is 33.1 Å². The molecule has 0 heterocycles. The third-order valence-corrected chi connectivity index (χ3v) is 2.21. The molecule has 0 spiro atoms. The third-order valence-electron chi connectivity index (χ3n) is 2.21. The van der Waals surface area contributed by atoms with Crippen LogP contribution >= 0.6 is 0 Å². The van der Waals surface area contributed by atoms with Crippen molar-refractivity contribution in [2.75, 3.05) is 27.3 Å². The number of hydrogen-bond donors (Lipinski definition) is 1. The van der Waals surface area contributed by atoms with Crippen LogP contribution in [0.5, 0.6) is 0 Å². The zero-order valence-electron chi connectivity index (χ0n) is 9.06. The van der Waals surface area contributed by atoms with Gasteiger partial charge in [0.2, 0.25) is 0 Å². The summed E-state index contributed by atoms with van der Waals surface area (Å²) >= 11 is 0. The highest BCUT2D eigenvalue weighted by atomic mass is 15.2. The van der Waals surface area contributed by atoms with E-state index in [1.807, 2.05) is 7.05 Å². The fraction of sp³-hybridized carbons (Fsp3) is 1.00. The van der Waals surface area contributed by atoms with Crippen LogP contribution in [0.3, 0.4) is 0 Å². The summed E-state index contributed by atoms with van der Waals surface area (Å²) in [4.78, 5) is 2.33. The van der Waals surface area contributed by atoms with Crippen LogP contribution in [-0.4, -0.2) is 32.2 Å². The highest BCUT2D eigenvalue weighted by Gasteiger charge is 2.02. The Hall–Kier alpha value is -0.0800. The molecular weight excluding hydrogens is 148 g/mol. The van der Waals surface area contributed by atoms with Crippen molar-refractivity contribution in [1.82, 2.24) is 10.2 Å². The second kappa shape index (κ2) is 7.56. The van der Waals surface area contributed by atoms with Gasteiger partial charge in [0.1, 0.15) is 0 Å². The summed E-state index contributed by atoms with van der Waals surface area (Å²) in [5.74, 6) is 0.884. The standard InChI is InChI=1S/C10H24N2/c1-5-6-10(2)7-8-12(4)9-11-3/h10-11H,5-9H2,1-4H3. The van der Waals surface area contributed by atoms with Gasteiger partial charge in [-0.25, -0.2) is 0 Å². The Balaban J connectivity index is 3.27. The van der Waals surface area contributed by atoms with E-state index in [-0.39, 0.29) is 0 Å². The van der Waals surface area contributed by atoms with E-state index in [1.54, 1.807) is 0 Å². The maximum absolute atomic E-state index is 3.15. The van der Waals surface area contributed by atoms with Crippen LogP contribution in [-0.2, 0) is 0 Å². The molecule has 0 radical (unpaired) electrons. The Morgan fingerprint density at radius 2 is 2.00 bits per heavy atom. The molecule has 0 aromatic rings. The molecule has 0 aliphatic carbocycles. The molecule has 1 unspecified atom stereocenters. The van der Waals surface area contributed by atoms with Gasteiger partial charge in [-0.05, 0) is 33.0 Å². The third kappa shape index (κ3) is 6.62. The molecule has 0 aromatic carbocycles. The molecule has 74 valence electrons. The Kier molecular flexibility index (Phi) is 7.51. The number of nitrogens with zero attached hydrogens (tertiary/aromatic N) is 1. The van der Waals surface area contributed by atoms with Gasteiger partial charge in [0.05, 0.1) is 0 Å². The summed E-state index contributed by atoms with van der Waals surface area (Å²) in [6.07, 6.45) is 4.01. The van der Waals surface area contributed by atoms with Crippen LogP contribution in [0.25, 0.3) is 0 Å². The highest BCUT2D eigenvalue weighted by molar-refractivity contribution is 4.55. The van der Waals surface area contributed by atoms with Crippen LogP contribution in [0.2, 0.25) is 0 Å².